The molecule has 2 aromatic heterocycles. The molecular weight excluding hydrogens is 512 g/mol. The van der Waals surface area contributed by atoms with Gasteiger partial charge in [-0.15, -0.1) is 6.58 Å². The van der Waals surface area contributed by atoms with Crippen LogP contribution in [0.5, 0.6) is 0 Å². The maximum absolute atomic E-state index is 6.99. The van der Waals surface area contributed by atoms with Gasteiger partial charge < -0.3 is 9.47 Å². The fraction of sp³-hybridized carbons (Fsp3) is 0.257. The number of imidazole rings is 1. The molecule has 1 fully saturated rings. The zero-order valence-corrected chi connectivity index (χ0v) is 24.4. The fourth-order valence-corrected chi connectivity index (χ4v) is 6.36. The molecule has 0 radical (unpaired) electrons. The molecule has 0 spiro atoms. The molecule has 1 saturated heterocycles. The van der Waals surface area contributed by atoms with E-state index in [1.54, 1.807) is 0 Å². The Morgan fingerprint density at radius 1 is 1.10 bits per heavy atom. The molecule has 3 heterocycles. The van der Waals surface area contributed by atoms with Crippen molar-refractivity contribution in [2.75, 3.05) is 18.0 Å². The highest BCUT2D eigenvalue weighted by Crippen LogP contribution is 2.46. The molecule has 0 saturated carbocycles. The number of pyridine rings is 1. The Hall–Kier alpha value is -3.89. The van der Waals surface area contributed by atoms with E-state index >= 15 is 0 Å². The van der Waals surface area contributed by atoms with E-state index in [-0.39, 0.29) is 0 Å². The van der Waals surface area contributed by atoms with Crippen LogP contribution in [-0.2, 0) is 12.5 Å². The van der Waals surface area contributed by atoms with Crippen molar-refractivity contribution in [1.82, 2.24) is 14.5 Å². The summed E-state index contributed by atoms with van der Waals surface area (Å²) in [7, 11) is 2.05. The highest BCUT2D eigenvalue weighted by atomic mass is 35.5. The van der Waals surface area contributed by atoms with Crippen LogP contribution in [0.3, 0.4) is 0 Å². The van der Waals surface area contributed by atoms with Gasteiger partial charge in [-0.25, -0.2) is 9.97 Å². The first-order valence-electron chi connectivity index (χ1n) is 13.9. The first-order valence-corrected chi connectivity index (χ1v) is 14.3. The Labute approximate surface area is 243 Å². The number of allylic oxidation sites excluding steroid dienone is 6. The highest BCUT2D eigenvalue weighted by molar-refractivity contribution is 6.34. The molecule has 0 aliphatic carbocycles. The lowest BCUT2D eigenvalue weighted by Crippen LogP contribution is -2.34. The summed E-state index contributed by atoms with van der Waals surface area (Å²) in [6, 6.07) is 17.0. The van der Waals surface area contributed by atoms with Crippen molar-refractivity contribution in [2.24, 2.45) is 13.0 Å². The number of benzene rings is 2. The molecule has 40 heavy (non-hydrogen) atoms. The molecule has 0 amide bonds. The van der Waals surface area contributed by atoms with Crippen LogP contribution >= 0.6 is 11.6 Å². The summed E-state index contributed by atoms with van der Waals surface area (Å²) in [4.78, 5) is 11.9. The van der Waals surface area contributed by atoms with Crippen LogP contribution in [0, 0.1) is 5.92 Å². The molecule has 1 atom stereocenters. The smallest absolute Gasteiger partial charge is 0.139 e. The molecule has 4 aromatic rings. The van der Waals surface area contributed by atoms with E-state index in [2.05, 4.69) is 101 Å². The van der Waals surface area contributed by atoms with Gasteiger partial charge in [0.1, 0.15) is 5.15 Å². The third-order valence-corrected chi connectivity index (χ3v) is 8.57. The zero-order chi connectivity index (χ0) is 28.3. The third kappa shape index (κ3) is 4.93. The van der Waals surface area contributed by atoms with E-state index in [9.17, 15) is 0 Å². The predicted octanol–water partition coefficient (Wildman–Crippen LogP) is 8.69. The number of hydrogen-bond donors (Lipinski definition) is 0. The summed E-state index contributed by atoms with van der Waals surface area (Å²) < 4.78 is 2.10. The summed E-state index contributed by atoms with van der Waals surface area (Å²) in [6.07, 6.45) is 16.2. The Kier molecular flexibility index (Phi) is 8.09. The van der Waals surface area contributed by atoms with Crippen molar-refractivity contribution in [2.45, 2.75) is 32.1 Å². The highest BCUT2D eigenvalue weighted by Gasteiger charge is 2.35. The van der Waals surface area contributed by atoms with Crippen molar-refractivity contribution < 1.29 is 0 Å². The summed E-state index contributed by atoms with van der Waals surface area (Å²) in [5.74, 6) is 0.538. The van der Waals surface area contributed by atoms with Crippen molar-refractivity contribution in [3.63, 3.8) is 0 Å². The van der Waals surface area contributed by atoms with E-state index in [0.717, 1.165) is 70.5 Å². The van der Waals surface area contributed by atoms with Gasteiger partial charge in [0.25, 0.3) is 0 Å². The number of hydrogen-bond acceptors (Lipinski definition) is 3. The zero-order valence-electron chi connectivity index (χ0n) is 23.6. The topological polar surface area (TPSA) is 34.0 Å². The Morgan fingerprint density at radius 3 is 2.48 bits per heavy atom. The molecule has 204 valence electrons. The van der Waals surface area contributed by atoms with Crippen LogP contribution < -0.4 is 4.90 Å². The summed E-state index contributed by atoms with van der Waals surface area (Å²) in [5.41, 5.74) is 6.99. The molecule has 4 nitrogen and oxygen atoms in total. The average molecular weight is 549 g/mol. The normalized spacial score (nSPS) is 16.4. The minimum absolute atomic E-state index is 0.486. The van der Waals surface area contributed by atoms with Gasteiger partial charge in [0.15, 0.2) is 0 Å². The quantitative estimate of drug-likeness (QED) is 0.125. The van der Waals surface area contributed by atoms with Gasteiger partial charge in [0.2, 0.25) is 0 Å². The lowest BCUT2D eigenvalue weighted by Gasteiger charge is -2.36. The van der Waals surface area contributed by atoms with Crippen molar-refractivity contribution in [1.29, 1.82) is 0 Å². The van der Waals surface area contributed by atoms with E-state index in [1.807, 2.05) is 38.6 Å². The molecular formula is C35H37ClN4. The number of halogens is 1. The standard InChI is InChI=1S/C35H37ClN4/c1-6-12-27(13-7-2)35(4,31-23-37-24-39(31)5)28-16-17-30-29(22-28)33(40-20-18-25(8-3)19-21-40)32(34(36)38-30)26-14-10-9-11-15-26/h6-17,22-25H,1,3,18-21H2,2,4-5H3/b13-7-,27-12+. The van der Waals surface area contributed by atoms with Crippen LogP contribution in [0.4, 0.5) is 5.69 Å². The maximum Gasteiger partial charge on any atom is 0.139 e. The number of aryl methyl sites for hydroxylation is 1. The van der Waals surface area contributed by atoms with Gasteiger partial charge in [-0.3, -0.25) is 0 Å². The maximum atomic E-state index is 6.99. The van der Waals surface area contributed by atoms with Gasteiger partial charge in [-0.1, -0.05) is 85.0 Å². The summed E-state index contributed by atoms with van der Waals surface area (Å²) >= 11 is 6.99. The number of nitrogens with zero attached hydrogens (tertiary/aromatic N) is 4. The van der Waals surface area contributed by atoms with Crippen molar-refractivity contribution in [3.05, 3.63) is 127 Å². The van der Waals surface area contributed by atoms with Gasteiger partial charge in [0, 0.05) is 37.3 Å². The lowest BCUT2D eigenvalue weighted by molar-refractivity contribution is 0.480. The molecule has 0 N–H and O–H groups in total. The molecule has 1 aliphatic rings. The minimum Gasteiger partial charge on any atom is -0.370 e. The van der Waals surface area contributed by atoms with Crippen molar-refractivity contribution >= 4 is 28.2 Å². The molecule has 5 rings (SSSR count). The molecule has 2 aromatic carbocycles. The third-order valence-electron chi connectivity index (χ3n) is 8.29. The van der Waals surface area contributed by atoms with Gasteiger partial charge in [-0.05, 0) is 61.4 Å². The second kappa shape index (κ2) is 11.7. The Morgan fingerprint density at radius 2 is 1.85 bits per heavy atom. The minimum atomic E-state index is -0.486. The van der Waals surface area contributed by atoms with Crippen LogP contribution in [0.1, 0.15) is 37.9 Å². The summed E-state index contributed by atoms with van der Waals surface area (Å²) in [5, 5.41) is 1.63. The number of fused-ring (bicyclic) bond motifs is 1. The SMILES string of the molecule is C=C/C=C(\C=C/C)C(C)(c1ccc2nc(Cl)c(-c3ccccc3)c(N3CCC(C=C)CC3)c2c1)c1cncn1C. The number of piperidine rings is 1. The largest absolute Gasteiger partial charge is 0.370 e. The molecule has 1 aliphatic heterocycles. The van der Waals surface area contributed by atoms with Crippen LogP contribution in [0.15, 0.2) is 110 Å². The van der Waals surface area contributed by atoms with Gasteiger partial charge in [-0.2, -0.15) is 0 Å². The predicted molar refractivity (Wildman–Crippen MR) is 170 cm³/mol. The second-order valence-electron chi connectivity index (χ2n) is 10.7. The Bertz CT molecular complexity index is 1590. The number of anilines is 1. The first-order chi connectivity index (χ1) is 19.4. The molecule has 5 heteroatoms. The number of rotatable bonds is 8. The van der Waals surface area contributed by atoms with E-state index in [1.165, 1.54) is 0 Å². The second-order valence-corrected chi connectivity index (χ2v) is 11.0. The Balaban J connectivity index is 1.82. The average Bonchev–Trinajstić information content (AvgIpc) is 3.42. The first kappa shape index (κ1) is 27.7. The fourth-order valence-electron chi connectivity index (χ4n) is 6.07. The van der Waals surface area contributed by atoms with Gasteiger partial charge >= 0.3 is 0 Å². The summed E-state index contributed by atoms with van der Waals surface area (Å²) in [6.45, 7) is 14.3. The molecule has 1 unspecified atom stereocenters. The molecule has 0 bridgehead atoms. The van der Waals surface area contributed by atoms with Gasteiger partial charge in [0.05, 0.1) is 28.6 Å². The number of aromatic nitrogens is 3. The monoisotopic (exact) mass is 548 g/mol. The van der Waals surface area contributed by atoms with E-state index in [0.29, 0.717) is 11.1 Å². The van der Waals surface area contributed by atoms with Crippen LogP contribution in [0.2, 0.25) is 5.15 Å². The van der Waals surface area contributed by atoms with Crippen LogP contribution in [0.25, 0.3) is 22.0 Å². The van der Waals surface area contributed by atoms with E-state index in [4.69, 9.17) is 16.6 Å². The lowest BCUT2D eigenvalue weighted by atomic mass is 9.72. The van der Waals surface area contributed by atoms with Crippen molar-refractivity contribution in [3.8, 4) is 11.1 Å². The van der Waals surface area contributed by atoms with E-state index < -0.39 is 5.41 Å². The van der Waals surface area contributed by atoms with Crippen LogP contribution in [-0.4, -0.2) is 27.6 Å².